The summed E-state index contributed by atoms with van der Waals surface area (Å²) in [6.07, 6.45) is -4.53. The third-order valence-corrected chi connectivity index (χ3v) is 0.805. The molecule has 6 nitrogen and oxygen atoms in total. The molecular weight excluding hydrogens is 392 g/mol. The molecule has 0 saturated carbocycles. The van der Waals surface area contributed by atoms with Gasteiger partial charge >= 0.3 is 89.5 Å². The van der Waals surface area contributed by atoms with Gasteiger partial charge in [0, 0.05) is 0 Å². The van der Waals surface area contributed by atoms with Gasteiger partial charge in [0.25, 0.3) is 0 Å². The van der Waals surface area contributed by atoms with Gasteiger partial charge in [0.2, 0.25) is 0 Å². The zero-order valence-corrected chi connectivity index (χ0v) is 15.1. The van der Waals surface area contributed by atoms with Crippen molar-refractivity contribution < 1.29 is 82.8 Å². The van der Waals surface area contributed by atoms with Crippen LogP contribution < -0.4 is 51.4 Å². The number of aliphatic hydroxyl groups is 2. The van der Waals surface area contributed by atoms with Crippen molar-refractivity contribution in [3.8, 4) is 0 Å². The molecule has 0 heterocycles. The Morgan fingerprint density at radius 2 is 1.17 bits per heavy atom. The third-order valence-electron chi connectivity index (χ3n) is 0.805. The van der Waals surface area contributed by atoms with Gasteiger partial charge in [-0.1, -0.05) is 0 Å². The summed E-state index contributed by atoms with van der Waals surface area (Å²) in [5.41, 5.74) is 0. The van der Waals surface area contributed by atoms with Crippen LogP contribution in [0.15, 0.2) is 0 Å². The molecule has 0 saturated heterocycles. The number of aliphatic hydroxyl groups excluding tert-OH is 2. The van der Waals surface area contributed by atoms with E-state index in [0.29, 0.717) is 0 Å². The van der Waals surface area contributed by atoms with E-state index in [4.69, 9.17) is 20.4 Å². The fourth-order valence-electron chi connectivity index (χ4n) is 0.270. The number of hydrogen-bond acceptors (Lipinski definition) is 4. The number of aliphatic carboxylic acids is 2. The Morgan fingerprint density at radius 1 is 1.00 bits per heavy atom. The maximum atomic E-state index is 9.77. The van der Waals surface area contributed by atoms with Crippen molar-refractivity contribution in [1.29, 1.82) is 0 Å². The molecule has 0 aliphatic rings. The zero-order chi connectivity index (χ0) is 8.31. The van der Waals surface area contributed by atoms with Crippen LogP contribution in [-0.4, -0.2) is 70.8 Å². The second-order valence-electron chi connectivity index (χ2n) is 1.57. The first kappa shape index (κ1) is 19.0. The predicted octanol–water partition coefficient (Wildman–Crippen LogP) is -6.19. The Labute approximate surface area is 131 Å². The van der Waals surface area contributed by atoms with Gasteiger partial charge in [-0.2, -0.15) is 0 Å². The summed E-state index contributed by atoms with van der Waals surface area (Å²) < 4.78 is 0. The van der Waals surface area contributed by atoms with Crippen molar-refractivity contribution in [2.45, 2.75) is 12.2 Å². The molecule has 68 valence electrons. The van der Waals surface area contributed by atoms with E-state index in [1.54, 1.807) is 0 Å². The Balaban J connectivity index is -0.000000135. The van der Waals surface area contributed by atoms with Gasteiger partial charge in [-0.15, -0.1) is 0 Å². The fourth-order valence-corrected chi connectivity index (χ4v) is 0.270. The molecule has 12 heavy (non-hydrogen) atoms. The molecule has 0 aliphatic carbocycles. The number of carbonyl (C=O) groups is 2. The van der Waals surface area contributed by atoms with Crippen molar-refractivity contribution in [3.05, 3.63) is 0 Å². The normalized spacial score (nSPS) is 13.2. The average Bonchev–Trinajstić information content (AvgIpc) is 1.84. The zero-order valence-electron chi connectivity index (χ0n) is 7.47. The second-order valence-corrected chi connectivity index (χ2v) is 1.57. The summed E-state index contributed by atoms with van der Waals surface area (Å²) in [6.45, 7) is 0. The van der Waals surface area contributed by atoms with Crippen molar-refractivity contribution in [2.24, 2.45) is 0 Å². The SMILES string of the molecule is O=C(O)C(O)C(O)C(=O)O.[BiH3].[H-].[K+]. The van der Waals surface area contributed by atoms with E-state index in [9.17, 15) is 9.59 Å². The van der Waals surface area contributed by atoms with Crippen molar-refractivity contribution in [2.75, 3.05) is 0 Å². The topological polar surface area (TPSA) is 115 Å². The Morgan fingerprint density at radius 3 is 1.25 bits per heavy atom. The Hall–Kier alpha value is 1.38. The van der Waals surface area contributed by atoms with E-state index in [0.717, 1.165) is 0 Å². The maximum Gasteiger partial charge on any atom is 1.00 e. The Kier molecular flexibility index (Phi) is 14.2. The molecule has 0 amide bonds. The molecule has 0 bridgehead atoms. The van der Waals surface area contributed by atoms with Crippen LogP contribution in [0, 0.1) is 0 Å². The minimum absolute atomic E-state index is 0. The van der Waals surface area contributed by atoms with E-state index >= 15 is 0 Å². The van der Waals surface area contributed by atoms with Crippen LogP contribution in [0.5, 0.6) is 0 Å². The number of carboxylic acid groups (broad SMARTS) is 2. The molecule has 2 unspecified atom stereocenters. The molecule has 4 N–H and O–H groups in total. The molecule has 0 aliphatic heterocycles. The molecule has 0 radical (unpaired) electrons. The number of hydrogen-bond donors (Lipinski definition) is 4. The van der Waals surface area contributed by atoms with E-state index in [-0.39, 0.29) is 79.0 Å². The molecule has 0 fully saturated rings. The van der Waals surface area contributed by atoms with E-state index in [1.807, 2.05) is 0 Å². The fraction of sp³-hybridized carbons (Fsp3) is 0.500. The average molecular weight is 402 g/mol. The van der Waals surface area contributed by atoms with Gasteiger partial charge in [-0.25, -0.2) is 9.59 Å². The Bertz CT molecular complexity index is 149. The summed E-state index contributed by atoms with van der Waals surface area (Å²) in [6, 6.07) is 0. The first-order valence-electron chi connectivity index (χ1n) is 2.28. The van der Waals surface area contributed by atoms with Crippen LogP contribution >= 0.6 is 0 Å². The predicted molar refractivity (Wildman–Crippen MR) is 38.3 cm³/mol. The van der Waals surface area contributed by atoms with Gasteiger partial charge in [-0.3, -0.25) is 0 Å². The van der Waals surface area contributed by atoms with Crippen LogP contribution in [-0.2, 0) is 9.59 Å². The standard InChI is InChI=1S/C4H6O6.Bi.K.4H/c5-1(3(7)8)2(6)4(9)10;;;;;;/h1-2,5-6H,(H,7,8)(H,9,10);;;;;;/q;;+1;;;;-1. The first-order chi connectivity index (χ1) is 4.46. The van der Waals surface area contributed by atoms with Crippen LogP contribution in [0.1, 0.15) is 1.43 Å². The molecule has 0 aromatic heterocycles. The van der Waals surface area contributed by atoms with Crippen LogP contribution in [0.2, 0.25) is 0 Å². The summed E-state index contributed by atoms with van der Waals surface area (Å²) in [4.78, 5) is 19.5. The molecule has 2 atom stereocenters. The monoisotopic (exact) mass is 402 g/mol. The van der Waals surface area contributed by atoms with Gasteiger partial charge < -0.3 is 21.9 Å². The van der Waals surface area contributed by atoms with Gasteiger partial charge in [-0.05, 0) is 0 Å². The summed E-state index contributed by atoms with van der Waals surface area (Å²) in [5.74, 6) is -3.54. The van der Waals surface area contributed by atoms with Crippen LogP contribution in [0.4, 0.5) is 0 Å². The molecule has 8 heteroatoms. The molecule has 0 spiro atoms. The minimum atomic E-state index is -2.27. The van der Waals surface area contributed by atoms with Crippen molar-refractivity contribution in [3.63, 3.8) is 0 Å². The summed E-state index contributed by atoms with van der Waals surface area (Å²) in [5, 5.41) is 32.5. The maximum absolute atomic E-state index is 9.77. The van der Waals surface area contributed by atoms with Crippen molar-refractivity contribution in [1.82, 2.24) is 0 Å². The second kappa shape index (κ2) is 8.96. The van der Waals surface area contributed by atoms with Gasteiger partial charge in [0.05, 0.1) is 0 Å². The largest absolute Gasteiger partial charge is 1.00 e. The third kappa shape index (κ3) is 6.85. The summed E-state index contributed by atoms with van der Waals surface area (Å²) in [7, 11) is 0. The molecular formula is C4H10BiKO6. The molecule has 0 aromatic rings. The molecule has 0 aromatic carbocycles. The van der Waals surface area contributed by atoms with Gasteiger partial charge in [0.1, 0.15) is 0 Å². The molecule has 0 rings (SSSR count). The minimum Gasteiger partial charge on any atom is -1.00 e. The van der Waals surface area contributed by atoms with Crippen LogP contribution in [0.25, 0.3) is 0 Å². The van der Waals surface area contributed by atoms with Gasteiger partial charge in [0.15, 0.2) is 12.2 Å². The summed E-state index contributed by atoms with van der Waals surface area (Å²) >= 11 is 0. The van der Waals surface area contributed by atoms with E-state index in [1.165, 1.54) is 0 Å². The number of carboxylic acids is 2. The van der Waals surface area contributed by atoms with E-state index in [2.05, 4.69) is 0 Å². The smallest absolute Gasteiger partial charge is 1.00 e. The first-order valence-corrected chi connectivity index (χ1v) is 2.28. The van der Waals surface area contributed by atoms with E-state index < -0.39 is 24.1 Å². The number of rotatable bonds is 3. The quantitative estimate of drug-likeness (QED) is 0.350. The van der Waals surface area contributed by atoms with Crippen LogP contribution in [0.3, 0.4) is 0 Å². The van der Waals surface area contributed by atoms with Crippen molar-refractivity contribution >= 4 is 38.1 Å².